The van der Waals surface area contributed by atoms with E-state index in [1.54, 1.807) is 6.20 Å². The normalized spacial score (nSPS) is 11.8. The number of aryl methyl sites for hydroxylation is 1. The molecule has 1 amide bonds. The Kier molecular flexibility index (Phi) is 6.31. The molecule has 0 aliphatic carbocycles. The van der Waals surface area contributed by atoms with Crippen molar-refractivity contribution in [1.29, 1.82) is 0 Å². The second kappa shape index (κ2) is 7.53. The maximum absolute atomic E-state index is 12.8. The molecule has 0 radical (unpaired) electrons. The number of carbonyl (C=O) groups excluding carboxylic acids is 1. The number of amides is 1. The van der Waals surface area contributed by atoms with Gasteiger partial charge < -0.3 is 0 Å². The Bertz CT molecular complexity index is 461. The van der Waals surface area contributed by atoms with Crippen molar-refractivity contribution in [2.24, 2.45) is 5.41 Å². The van der Waals surface area contributed by atoms with E-state index < -0.39 is 0 Å². The van der Waals surface area contributed by atoms with E-state index in [1.165, 1.54) is 0 Å². The summed E-state index contributed by atoms with van der Waals surface area (Å²) in [6.45, 7) is 12.5. The van der Waals surface area contributed by atoms with Crippen LogP contribution in [0, 0.1) is 5.41 Å². The minimum Gasteiger partial charge on any atom is -0.278 e. The van der Waals surface area contributed by atoms with Crippen molar-refractivity contribution in [2.75, 3.05) is 4.90 Å². The fraction of sp³-hybridized carbons (Fsp3) is 0.706. The van der Waals surface area contributed by atoms with Crippen molar-refractivity contribution in [2.45, 2.75) is 73.3 Å². The Balaban J connectivity index is 3.15. The predicted octanol–water partition coefficient (Wildman–Crippen LogP) is 4.00. The van der Waals surface area contributed by atoms with Gasteiger partial charge in [0.25, 0.3) is 0 Å². The maximum atomic E-state index is 12.8. The number of aromatic nitrogens is 2. The highest BCUT2D eigenvalue weighted by Gasteiger charge is 2.28. The van der Waals surface area contributed by atoms with Crippen molar-refractivity contribution in [1.82, 2.24) is 9.97 Å². The number of hydrogen-bond donors (Lipinski definition) is 0. The topological polar surface area (TPSA) is 46.1 Å². The van der Waals surface area contributed by atoms with Gasteiger partial charge in [0.2, 0.25) is 11.9 Å². The quantitative estimate of drug-likeness (QED) is 0.796. The monoisotopic (exact) mass is 291 g/mol. The van der Waals surface area contributed by atoms with Gasteiger partial charge in [-0.1, -0.05) is 41.5 Å². The third kappa shape index (κ3) is 5.10. The van der Waals surface area contributed by atoms with Crippen LogP contribution < -0.4 is 4.90 Å². The second-order valence-electron chi connectivity index (χ2n) is 6.67. The van der Waals surface area contributed by atoms with Crippen molar-refractivity contribution in [3.63, 3.8) is 0 Å². The van der Waals surface area contributed by atoms with E-state index in [2.05, 4.69) is 51.5 Å². The van der Waals surface area contributed by atoms with Gasteiger partial charge in [0, 0.05) is 24.4 Å². The van der Waals surface area contributed by atoms with Crippen LogP contribution in [0.15, 0.2) is 12.3 Å². The lowest BCUT2D eigenvalue weighted by atomic mass is 9.91. The molecule has 1 rings (SSSR count). The van der Waals surface area contributed by atoms with Gasteiger partial charge in [-0.25, -0.2) is 9.97 Å². The zero-order chi connectivity index (χ0) is 16.0. The fourth-order valence-corrected chi connectivity index (χ4v) is 2.37. The second-order valence-corrected chi connectivity index (χ2v) is 6.67. The Hall–Kier alpha value is -1.45. The molecule has 21 heavy (non-hydrogen) atoms. The molecule has 0 unspecified atom stereocenters. The third-order valence-corrected chi connectivity index (χ3v) is 3.54. The molecule has 0 atom stereocenters. The summed E-state index contributed by atoms with van der Waals surface area (Å²) >= 11 is 0. The standard InChI is InChI=1S/C17H29N3O/c1-7-13-10-11-18-16(19-13)20(14(8-2)9-3)15(21)12-17(4,5)6/h10-11,14H,7-9,12H2,1-6H3. The number of nitrogens with zero attached hydrogens (tertiary/aromatic N) is 3. The van der Waals surface area contributed by atoms with Gasteiger partial charge in [-0.3, -0.25) is 9.69 Å². The predicted molar refractivity (Wildman–Crippen MR) is 87.3 cm³/mol. The number of anilines is 1. The molecule has 4 nitrogen and oxygen atoms in total. The lowest BCUT2D eigenvalue weighted by molar-refractivity contribution is -0.120. The molecular formula is C17H29N3O. The van der Waals surface area contributed by atoms with E-state index >= 15 is 0 Å². The summed E-state index contributed by atoms with van der Waals surface area (Å²) in [5.41, 5.74) is 0.934. The summed E-state index contributed by atoms with van der Waals surface area (Å²) in [6.07, 6.45) is 4.92. The summed E-state index contributed by atoms with van der Waals surface area (Å²) < 4.78 is 0. The first-order chi connectivity index (χ1) is 9.82. The highest BCUT2D eigenvalue weighted by Crippen LogP contribution is 2.24. The maximum Gasteiger partial charge on any atom is 0.232 e. The molecule has 0 aliphatic heterocycles. The van der Waals surface area contributed by atoms with Crippen LogP contribution in [0.25, 0.3) is 0 Å². The van der Waals surface area contributed by atoms with Gasteiger partial charge in [-0.05, 0) is 30.7 Å². The Morgan fingerprint density at radius 1 is 1.24 bits per heavy atom. The van der Waals surface area contributed by atoms with E-state index in [-0.39, 0.29) is 17.4 Å². The van der Waals surface area contributed by atoms with Crippen LogP contribution in [0.4, 0.5) is 5.95 Å². The average Bonchev–Trinajstić information content (AvgIpc) is 2.42. The highest BCUT2D eigenvalue weighted by atomic mass is 16.2. The van der Waals surface area contributed by atoms with Gasteiger partial charge in [0.05, 0.1) is 0 Å². The largest absolute Gasteiger partial charge is 0.278 e. The summed E-state index contributed by atoms with van der Waals surface area (Å²) in [5, 5.41) is 0. The van der Waals surface area contributed by atoms with Crippen molar-refractivity contribution in [3.8, 4) is 0 Å². The molecule has 0 spiro atoms. The van der Waals surface area contributed by atoms with Crippen LogP contribution in [0.1, 0.15) is 66.5 Å². The van der Waals surface area contributed by atoms with E-state index in [0.29, 0.717) is 12.4 Å². The SMILES string of the molecule is CCc1ccnc(N(C(=O)CC(C)(C)C)C(CC)CC)n1. The molecule has 0 saturated heterocycles. The van der Waals surface area contributed by atoms with Gasteiger partial charge in [-0.2, -0.15) is 0 Å². The molecule has 1 aromatic heterocycles. The Morgan fingerprint density at radius 3 is 2.33 bits per heavy atom. The molecule has 0 fully saturated rings. The molecular weight excluding hydrogens is 262 g/mol. The third-order valence-electron chi connectivity index (χ3n) is 3.54. The van der Waals surface area contributed by atoms with Gasteiger partial charge in [0.15, 0.2) is 0 Å². The molecule has 0 saturated carbocycles. The minimum atomic E-state index is -0.0380. The van der Waals surface area contributed by atoms with E-state index in [0.717, 1.165) is 25.0 Å². The zero-order valence-corrected chi connectivity index (χ0v) is 14.3. The van der Waals surface area contributed by atoms with Crippen molar-refractivity contribution >= 4 is 11.9 Å². The first-order valence-electron chi connectivity index (χ1n) is 7.96. The summed E-state index contributed by atoms with van der Waals surface area (Å²) in [5.74, 6) is 0.668. The van der Waals surface area contributed by atoms with Crippen LogP contribution in [0.5, 0.6) is 0 Å². The van der Waals surface area contributed by atoms with Crippen molar-refractivity contribution in [3.05, 3.63) is 18.0 Å². The summed E-state index contributed by atoms with van der Waals surface area (Å²) in [7, 11) is 0. The molecule has 1 heterocycles. The van der Waals surface area contributed by atoms with Crippen LogP contribution in [-0.4, -0.2) is 21.9 Å². The Labute approximate surface area is 129 Å². The number of rotatable bonds is 6. The zero-order valence-electron chi connectivity index (χ0n) is 14.3. The van der Waals surface area contributed by atoms with Crippen LogP contribution in [-0.2, 0) is 11.2 Å². The smallest absolute Gasteiger partial charge is 0.232 e. The molecule has 0 bridgehead atoms. The van der Waals surface area contributed by atoms with Crippen LogP contribution in [0.3, 0.4) is 0 Å². The molecule has 0 aromatic carbocycles. The molecule has 0 aliphatic rings. The van der Waals surface area contributed by atoms with Gasteiger partial charge >= 0.3 is 0 Å². The summed E-state index contributed by atoms with van der Waals surface area (Å²) in [6, 6.07) is 2.06. The number of hydrogen-bond acceptors (Lipinski definition) is 3. The van der Waals surface area contributed by atoms with Gasteiger partial charge in [-0.15, -0.1) is 0 Å². The van der Waals surface area contributed by atoms with E-state index in [1.807, 2.05) is 11.0 Å². The first kappa shape index (κ1) is 17.6. The van der Waals surface area contributed by atoms with Crippen molar-refractivity contribution < 1.29 is 4.79 Å². The molecule has 4 heteroatoms. The van der Waals surface area contributed by atoms with Crippen LogP contribution in [0.2, 0.25) is 0 Å². The van der Waals surface area contributed by atoms with Gasteiger partial charge in [0.1, 0.15) is 0 Å². The molecule has 118 valence electrons. The first-order valence-corrected chi connectivity index (χ1v) is 7.96. The lowest BCUT2D eigenvalue weighted by Gasteiger charge is -2.31. The molecule has 1 aromatic rings. The highest BCUT2D eigenvalue weighted by molar-refractivity contribution is 5.92. The number of carbonyl (C=O) groups is 1. The Morgan fingerprint density at radius 2 is 1.86 bits per heavy atom. The minimum absolute atomic E-state index is 0.0380. The average molecular weight is 291 g/mol. The van der Waals surface area contributed by atoms with E-state index in [9.17, 15) is 4.79 Å². The molecule has 0 N–H and O–H groups in total. The summed E-state index contributed by atoms with van der Waals surface area (Å²) in [4.78, 5) is 23.5. The van der Waals surface area contributed by atoms with Crippen LogP contribution >= 0.6 is 0 Å². The fourth-order valence-electron chi connectivity index (χ4n) is 2.37. The van der Waals surface area contributed by atoms with E-state index in [4.69, 9.17) is 0 Å². The lowest BCUT2D eigenvalue weighted by Crippen LogP contribution is -2.42.